The first kappa shape index (κ1) is 16.5. The van der Waals surface area contributed by atoms with Crippen LogP contribution in [-0.4, -0.2) is 5.91 Å². The number of amides is 1. The summed E-state index contributed by atoms with van der Waals surface area (Å²) in [5.74, 6) is -0.708. The van der Waals surface area contributed by atoms with Crippen LogP contribution in [0.4, 0.5) is 10.1 Å². The van der Waals surface area contributed by atoms with Gasteiger partial charge < -0.3 is 5.32 Å². The lowest BCUT2D eigenvalue weighted by Crippen LogP contribution is -2.15. The highest BCUT2D eigenvalue weighted by atomic mass is 35.5. The fourth-order valence-electron chi connectivity index (χ4n) is 2.18. The molecule has 0 aliphatic rings. The Morgan fingerprint density at radius 1 is 1.18 bits per heavy atom. The van der Waals surface area contributed by atoms with Gasteiger partial charge >= 0.3 is 0 Å². The number of carbonyl (C=O) groups is 1. The Hall–Kier alpha value is -1.87. The zero-order valence-corrected chi connectivity index (χ0v) is 13.3. The van der Waals surface area contributed by atoms with E-state index < -0.39 is 5.82 Å². The standard InChI is InChI=1S/C18H19ClFNO/c1-2-3-4-13-5-9-16(10-6-13)21-18(22)11-14-7-8-15(19)12-17(14)20/h5-10,12H,2-4,11H2,1H3,(H,21,22). The first-order chi connectivity index (χ1) is 10.6. The number of anilines is 1. The topological polar surface area (TPSA) is 29.1 Å². The average molecular weight is 320 g/mol. The molecule has 1 N–H and O–H groups in total. The van der Waals surface area contributed by atoms with Crippen LogP contribution in [0.25, 0.3) is 0 Å². The monoisotopic (exact) mass is 319 g/mol. The van der Waals surface area contributed by atoms with Gasteiger partial charge in [-0.3, -0.25) is 4.79 Å². The maximum Gasteiger partial charge on any atom is 0.228 e. The molecule has 22 heavy (non-hydrogen) atoms. The Morgan fingerprint density at radius 2 is 1.91 bits per heavy atom. The number of benzene rings is 2. The molecule has 116 valence electrons. The molecule has 4 heteroatoms. The largest absolute Gasteiger partial charge is 0.326 e. The number of carbonyl (C=O) groups excluding carboxylic acids is 1. The zero-order chi connectivity index (χ0) is 15.9. The Kier molecular flexibility index (Phi) is 5.96. The molecular formula is C18H19ClFNO. The van der Waals surface area contributed by atoms with Crippen molar-refractivity contribution >= 4 is 23.2 Å². The molecule has 0 atom stereocenters. The third kappa shape index (κ3) is 4.85. The Labute approximate surface area is 135 Å². The second-order valence-electron chi connectivity index (χ2n) is 5.26. The first-order valence-electron chi connectivity index (χ1n) is 7.41. The fourth-order valence-corrected chi connectivity index (χ4v) is 2.34. The second kappa shape index (κ2) is 7.95. The van der Waals surface area contributed by atoms with E-state index in [4.69, 9.17) is 11.6 Å². The highest BCUT2D eigenvalue weighted by Crippen LogP contribution is 2.16. The molecule has 1 amide bonds. The summed E-state index contributed by atoms with van der Waals surface area (Å²) in [5, 5.41) is 3.10. The molecule has 0 heterocycles. The molecule has 2 rings (SSSR count). The predicted octanol–water partition coefficient (Wildman–Crippen LogP) is 5.00. The number of aryl methyl sites for hydroxylation is 1. The van der Waals surface area contributed by atoms with Crippen molar-refractivity contribution in [3.63, 3.8) is 0 Å². The molecule has 0 unspecified atom stereocenters. The van der Waals surface area contributed by atoms with E-state index >= 15 is 0 Å². The van der Waals surface area contributed by atoms with Crippen LogP contribution in [0.15, 0.2) is 42.5 Å². The average Bonchev–Trinajstić information content (AvgIpc) is 2.49. The molecule has 0 aromatic heterocycles. The number of nitrogens with one attached hydrogen (secondary N) is 1. The van der Waals surface area contributed by atoms with Gasteiger partial charge in [-0.15, -0.1) is 0 Å². The van der Waals surface area contributed by atoms with Crippen LogP contribution in [0, 0.1) is 5.82 Å². The summed E-state index contributed by atoms with van der Waals surface area (Å²) in [5.41, 5.74) is 2.31. The fraction of sp³-hybridized carbons (Fsp3) is 0.278. The van der Waals surface area contributed by atoms with Crippen molar-refractivity contribution in [2.75, 3.05) is 5.32 Å². The summed E-state index contributed by atoms with van der Waals surface area (Å²) >= 11 is 5.69. The summed E-state index contributed by atoms with van der Waals surface area (Å²) in [4.78, 5) is 12.0. The molecule has 0 bridgehead atoms. The van der Waals surface area contributed by atoms with Crippen molar-refractivity contribution in [3.8, 4) is 0 Å². The third-order valence-electron chi connectivity index (χ3n) is 3.42. The minimum absolute atomic E-state index is 0.0133. The van der Waals surface area contributed by atoms with Gasteiger partial charge in [-0.25, -0.2) is 4.39 Å². The van der Waals surface area contributed by atoms with Gasteiger partial charge in [0.25, 0.3) is 0 Å². The quantitative estimate of drug-likeness (QED) is 0.797. The second-order valence-corrected chi connectivity index (χ2v) is 5.70. The summed E-state index contributed by atoms with van der Waals surface area (Å²) in [6, 6.07) is 12.1. The van der Waals surface area contributed by atoms with Crippen LogP contribution in [-0.2, 0) is 17.6 Å². The van der Waals surface area contributed by atoms with E-state index in [-0.39, 0.29) is 12.3 Å². The number of rotatable bonds is 6. The predicted molar refractivity (Wildman–Crippen MR) is 88.8 cm³/mol. The van der Waals surface area contributed by atoms with Crippen molar-refractivity contribution in [1.82, 2.24) is 0 Å². The van der Waals surface area contributed by atoms with E-state index in [0.29, 0.717) is 10.6 Å². The minimum atomic E-state index is -0.461. The SMILES string of the molecule is CCCCc1ccc(NC(=O)Cc2ccc(Cl)cc2F)cc1. The molecule has 2 aromatic carbocycles. The van der Waals surface area contributed by atoms with Crippen LogP contribution in [0.1, 0.15) is 30.9 Å². The van der Waals surface area contributed by atoms with Crippen LogP contribution in [0.5, 0.6) is 0 Å². The molecule has 2 nitrogen and oxygen atoms in total. The van der Waals surface area contributed by atoms with Gasteiger partial charge in [-0.2, -0.15) is 0 Å². The van der Waals surface area contributed by atoms with E-state index in [1.54, 1.807) is 6.07 Å². The number of hydrogen-bond donors (Lipinski definition) is 1. The highest BCUT2D eigenvalue weighted by Gasteiger charge is 2.09. The molecule has 2 aromatic rings. The Bertz CT molecular complexity index is 640. The van der Waals surface area contributed by atoms with Crippen molar-refractivity contribution < 1.29 is 9.18 Å². The smallest absolute Gasteiger partial charge is 0.228 e. The van der Waals surface area contributed by atoms with Crippen molar-refractivity contribution in [3.05, 3.63) is 64.4 Å². The van der Waals surface area contributed by atoms with E-state index in [1.807, 2.05) is 24.3 Å². The molecule has 0 fully saturated rings. The van der Waals surface area contributed by atoms with Crippen molar-refractivity contribution in [2.24, 2.45) is 0 Å². The van der Waals surface area contributed by atoms with Crippen molar-refractivity contribution in [2.45, 2.75) is 32.6 Å². The molecular weight excluding hydrogens is 301 g/mol. The van der Waals surface area contributed by atoms with Crippen LogP contribution in [0.3, 0.4) is 0 Å². The Morgan fingerprint density at radius 3 is 2.55 bits per heavy atom. The maximum atomic E-state index is 13.7. The maximum absolute atomic E-state index is 13.7. The number of hydrogen-bond acceptors (Lipinski definition) is 1. The Balaban J connectivity index is 1.94. The molecule has 0 saturated carbocycles. The molecule has 0 radical (unpaired) electrons. The summed E-state index contributed by atoms with van der Waals surface area (Å²) in [7, 11) is 0. The van der Waals surface area contributed by atoms with E-state index in [2.05, 4.69) is 12.2 Å². The third-order valence-corrected chi connectivity index (χ3v) is 3.66. The van der Waals surface area contributed by atoms with E-state index in [9.17, 15) is 9.18 Å². The van der Waals surface area contributed by atoms with Gasteiger partial charge in [-0.05, 0) is 48.2 Å². The van der Waals surface area contributed by atoms with Crippen molar-refractivity contribution in [1.29, 1.82) is 0 Å². The normalized spacial score (nSPS) is 10.5. The van der Waals surface area contributed by atoms with Gasteiger partial charge in [0.15, 0.2) is 0 Å². The summed E-state index contributed by atoms with van der Waals surface area (Å²) < 4.78 is 13.7. The lowest BCUT2D eigenvalue weighted by atomic mass is 10.1. The van der Waals surface area contributed by atoms with Crippen LogP contribution in [0.2, 0.25) is 5.02 Å². The van der Waals surface area contributed by atoms with Crippen LogP contribution >= 0.6 is 11.6 Å². The number of halogens is 2. The van der Waals surface area contributed by atoms with Gasteiger partial charge in [0, 0.05) is 10.7 Å². The zero-order valence-electron chi connectivity index (χ0n) is 12.5. The molecule has 0 aliphatic heterocycles. The highest BCUT2D eigenvalue weighted by molar-refractivity contribution is 6.30. The summed E-state index contributed by atoms with van der Waals surface area (Å²) in [6.07, 6.45) is 3.34. The van der Waals surface area contributed by atoms with E-state index in [0.717, 1.165) is 24.9 Å². The minimum Gasteiger partial charge on any atom is -0.326 e. The summed E-state index contributed by atoms with van der Waals surface area (Å²) in [6.45, 7) is 2.16. The molecule has 0 spiro atoms. The van der Waals surface area contributed by atoms with Crippen LogP contribution < -0.4 is 5.32 Å². The number of unbranched alkanes of at least 4 members (excludes halogenated alkanes) is 1. The molecule has 0 aliphatic carbocycles. The lowest BCUT2D eigenvalue weighted by Gasteiger charge is -2.07. The van der Waals surface area contributed by atoms with Gasteiger partial charge in [0.2, 0.25) is 5.91 Å². The van der Waals surface area contributed by atoms with Gasteiger partial charge in [0.05, 0.1) is 6.42 Å². The van der Waals surface area contributed by atoms with Gasteiger partial charge in [0.1, 0.15) is 5.82 Å². The first-order valence-corrected chi connectivity index (χ1v) is 7.79. The van der Waals surface area contributed by atoms with Gasteiger partial charge in [-0.1, -0.05) is 43.1 Å². The molecule has 0 saturated heterocycles. The lowest BCUT2D eigenvalue weighted by molar-refractivity contribution is -0.115. The van der Waals surface area contributed by atoms with E-state index in [1.165, 1.54) is 17.7 Å².